The van der Waals surface area contributed by atoms with Crippen LogP contribution in [0.3, 0.4) is 0 Å². The molecule has 76 valence electrons. The number of hydrogen-bond donors (Lipinski definition) is 3. The zero-order valence-electron chi connectivity index (χ0n) is 7.27. The van der Waals surface area contributed by atoms with Crippen molar-refractivity contribution >= 4 is 27.6 Å². The molecule has 0 bridgehead atoms. The second-order valence-electron chi connectivity index (χ2n) is 2.70. The maximum absolute atomic E-state index is 10.6. The van der Waals surface area contributed by atoms with Crippen LogP contribution in [-0.4, -0.2) is 28.8 Å². The molecule has 0 aliphatic rings. The average molecular weight is 260 g/mol. The van der Waals surface area contributed by atoms with Crippen LogP contribution < -0.4 is 5.32 Å². The molecule has 0 spiro atoms. The molecule has 0 saturated carbocycles. The number of anilines is 1. The van der Waals surface area contributed by atoms with E-state index in [9.17, 15) is 4.79 Å². The first kappa shape index (κ1) is 11.0. The van der Waals surface area contributed by atoms with E-state index in [0.29, 0.717) is 5.69 Å². The van der Waals surface area contributed by atoms with E-state index in [1.165, 1.54) is 0 Å². The Morgan fingerprint density at radius 2 is 2.14 bits per heavy atom. The molecule has 0 heterocycles. The Labute approximate surface area is 89.7 Å². The molecule has 14 heavy (non-hydrogen) atoms. The minimum absolute atomic E-state index is 0.448. The average Bonchev–Trinajstić information content (AvgIpc) is 2.16. The maximum atomic E-state index is 10.6. The fraction of sp³-hybridized carbons (Fsp3) is 0.222. The number of halogens is 1. The maximum Gasteiger partial charge on any atom is 0.328 e. The van der Waals surface area contributed by atoms with Crippen molar-refractivity contribution < 1.29 is 15.0 Å². The van der Waals surface area contributed by atoms with Crippen LogP contribution >= 0.6 is 15.9 Å². The van der Waals surface area contributed by atoms with Crippen molar-refractivity contribution in [2.75, 3.05) is 11.9 Å². The van der Waals surface area contributed by atoms with Crippen LogP contribution in [0.15, 0.2) is 28.7 Å². The second-order valence-corrected chi connectivity index (χ2v) is 3.55. The highest BCUT2D eigenvalue weighted by Crippen LogP contribution is 2.21. The lowest BCUT2D eigenvalue weighted by Crippen LogP contribution is -2.32. The summed E-state index contributed by atoms with van der Waals surface area (Å²) >= 11 is 3.27. The number of para-hydroxylation sites is 1. The summed E-state index contributed by atoms with van der Waals surface area (Å²) in [7, 11) is 0. The van der Waals surface area contributed by atoms with Gasteiger partial charge in [0, 0.05) is 10.2 Å². The van der Waals surface area contributed by atoms with Gasteiger partial charge < -0.3 is 15.5 Å². The summed E-state index contributed by atoms with van der Waals surface area (Å²) in [5, 5.41) is 20.2. The highest BCUT2D eigenvalue weighted by Gasteiger charge is 2.16. The van der Waals surface area contributed by atoms with Gasteiger partial charge in [-0.1, -0.05) is 12.1 Å². The number of hydrogen-bond acceptors (Lipinski definition) is 3. The number of carboxylic acids is 1. The van der Waals surface area contributed by atoms with Crippen molar-refractivity contribution in [3.8, 4) is 0 Å². The molecule has 0 radical (unpaired) electrons. The predicted molar refractivity (Wildman–Crippen MR) is 56.3 cm³/mol. The molecule has 0 saturated heterocycles. The van der Waals surface area contributed by atoms with Gasteiger partial charge in [-0.15, -0.1) is 0 Å². The Hall–Kier alpha value is -1.07. The summed E-state index contributed by atoms with van der Waals surface area (Å²) in [6.07, 6.45) is 0. The van der Waals surface area contributed by atoms with Gasteiger partial charge in [0.15, 0.2) is 0 Å². The third-order valence-corrected chi connectivity index (χ3v) is 2.38. The number of rotatable bonds is 4. The van der Waals surface area contributed by atoms with E-state index in [1.54, 1.807) is 18.2 Å². The van der Waals surface area contributed by atoms with E-state index >= 15 is 0 Å². The Bertz CT molecular complexity index is 330. The van der Waals surface area contributed by atoms with Crippen molar-refractivity contribution in [1.82, 2.24) is 0 Å². The normalized spacial score (nSPS) is 12.1. The lowest BCUT2D eigenvalue weighted by Gasteiger charge is -2.13. The molecule has 0 aliphatic carbocycles. The number of aliphatic carboxylic acids is 1. The van der Waals surface area contributed by atoms with E-state index in [0.717, 1.165) is 4.47 Å². The van der Waals surface area contributed by atoms with Crippen molar-refractivity contribution in [3.05, 3.63) is 28.7 Å². The molecule has 0 aromatic heterocycles. The zero-order chi connectivity index (χ0) is 10.6. The van der Waals surface area contributed by atoms with Crippen LogP contribution in [0.25, 0.3) is 0 Å². The van der Waals surface area contributed by atoms with Gasteiger partial charge >= 0.3 is 5.97 Å². The molecule has 1 aromatic rings. The van der Waals surface area contributed by atoms with Gasteiger partial charge in [-0.2, -0.15) is 0 Å². The Kier molecular flexibility index (Phi) is 3.91. The molecule has 1 unspecified atom stereocenters. The van der Waals surface area contributed by atoms with Crippen LogP contribution in [0.2, 0.25) is 0 Å². The predicted octanol–water partition coefficient (Wildman–Crippen LogP) is 1.31. The van der Waals surface area contributed by atoms with Crippen LogP contribution in [0.5, 0.6) is 0 Å². The van der Waals surface area contributed by atoms with Gasteiger partial charge in [-0.05, 0) is 28.1 Å². The summed E-state index contributed by atoms with van der Waals surface area (Å²) in [5.74, 6) is -1.08. The molecular weight excluding hydrogens is 250 g/mol. The van der Waals surface area contributed by atoms with Gasteiger partial charge in [0.1, 0.15) is 6.04 Å². The number of aliphatic hydroxyl groups excluding tert-OH is 1. The first-order valence-corrected chi connectivity index (χ1v) is 4.79. The molecule has 0 amide bonds. The third-order valence-electron chi connectivity index (χ3n) is 1.68. The van der Waals surface area contributed by atoms with Gasteiger partial charge in [0.2, 0.25) is 0 Å². The van der Waals surface area contributed by atoms with Gasteiger partial charge in [-0.3, -0.25) is 0 Å². The minimum Gasteiger partial charge on any atom is -0.480 e. The number of benzene rings is 1. The topological polar surface area (TPSA) is 69.6 Å². The molecular formula is C9H10BrNO3. The van der Waals surface area contributed by atoms with Crippen LogP contribution in [0.4, 0.5) is 5.69 Å². The van der Waals surface area contributed by atoms with Gasteiger partial charge in [-0.25, -0.2) is 4.79 Å². The zero-order valence-corrected chi connectivity index (χ0v) is 8.86. The van der Waals surface area contributed by atoms with E-state index in [2.05, 4.69) is 21.2 Å². The van der Waals surface area contributed by atoms with Crippen molar-refractivity contribution in [2.24, 2.45) is 0 Å². The Balaban J connectivity index is 2.77. The van der Waals surface area contributed by atoms with Crippen molar-refractivity contribution in [1.29, 1.82) is 0 Å². The van der Waals surface area contributed by atoms with Crippen LogP contribution in [-0.2, 0) is 4.79 Å². The molecule has 1 aromatic carbocycles. The fourth-order valence-corrected chi connectivity index (χ4v) is 1.35. The molecule has 1 atom stereocenters. The summed E-state index contributed by atoms with van der Waals surface area (Å²) in [6, 6.07) is 6.15. The smallest absolute Gasteiger partial charge is 0.328 e. The largest absolute Gasteiger partial charge is 0.480 e. The molecule has 5 heteroatoms. The first-order chi connectivity index (χ1) is 6.65. The number of carbonyl (C=O) groups is 1. The minimum atomic E-state index is -1.08. The van der Waals surface area contributed by atoms with E-state index in [4.69, 9.17) is 10.2 Å². The second kappa shape index (κ2) is 4.97. The molecule has 1 rings (SSSR count). The summed E-state index contributed by atoms with van der Waals surface area (Å²) in [5.41, 5.74) is 0.647. The lowest BCUT2D eigenvalue weighted by atomic mass is 10.2. The highest BCUT2D eigenvalue weighted by atomic mass is 79.9. The summed E-state index contributed by atoms with van der Waals surface area (Å²) in [6.45, 7) is -0.448. The van der Waals surface area contributed by atoms with Crippen molar-refractivity contribution in [3.63, 3.8) is 0 Å². The number of aliphatic hydroxyl groups is 1. The monoisotopic (exact) mass is 259 g/mol. The summed E-state index contributed by atoms with van der Waals surface area (Å²) < 4.78 is 0.764. The quantitative estimate of drug-likeness (QED) is 0.763. The number of nitrogens with one attached hydrogen (secondary N) is 1. The van der Waals surface area contributed by atoms with Crippen LogP contribution in [0, 0.1) is 0 Å². The molecule has 3 N–H and O–H groups in total. The van der Waals surface area contributed by atoms with Gasteiger partial charge in [0.25, 0.3) is 0 Å². The van der Waals surface area contributed by atoms with Crippen LogP contribution in [0.1, 0.15) is 0 Å². The molecule has 0 fully saturated rings. The molecule has 4 nitrogen and oxygen atoms in total. The van der Waals surface area contributed by atoms with E-state index in [-0.39, 0.29) is 0 Å². The standard InChI is InChI=1S/C9H10BrNO3/c10-6-3-1-2-4-7(6)11-8(5-12)9(13)14/h1-4,8,11-12H,5H2,(H,13,14). The highest BCUT2D eigenvalue weighted by molar-refractivity contribution is 9.10. The fourth-order valence-electron chi connectivity index (χ4n) is 0.951. The first-order valence-electron chi connectivity index (χ1n) is 4.00. The van der Waals surface area contributed by atoms with E-state index in [1.807, 2.05) is 6.07 Å². The third kappa shape index (κ3) is 2.71. The molecule has 0 aliphatic heterocycles. The van der Waals surface area contributed by atoms with E-state index < -0.39 is 18.6 Å². The Morgan fingerprint density at radius 1 is 1.50 bits per heavy atom. The number of carboxylic acid groups (broad SMARTS) is 1. The SMILES string of the molecule is O=C(O)C(CO)Nc1ccccc1Br. The van der Waals surface area contributed by atoms with Crippen molar-refractivity contribution in [2.45, 2.75) is 6.04 Å². The lowest BCUT2D eigenvalue weighted by molar-refractivity contribution is -0.138. The van der Waals surface area contributed by atoms with Gasteiger partial charge in [0.05, 0.1) is 6.61 Å². The Morgan fingerprint density at radius 3 is 2.64 bits per heavy atom. The summed E-state index contributed by atoms with van der Waals surface area (Å²) in [4.78, 5) is 10.6.